The number of carbonyl (C=O) groups excluding carboxylic acids is 1. The van der Waals surface area contributed by atoms with Crippen LogP contribution in [0.15, 0.2) is 29.2 Å². The Labute approximate surface area is 96.1 Å². The lowest BCUT2D eigenvalue weighted by Crippen LogP contribution is -2.37. The molecule has 9 heteroatoms. The summed E-state index contributed by atoms with van der Waals surface area (Å²) < 4.78 is 24.7. The van der Waals surface area contributed by atoms with Gasteiger partial charge in [0.25, 0.3) is 5.69 Å². The molecular formula is C8H7N2O6S-. The summed E-state index contributed by atoms with van der Waals surface area (Å²) in [5, 5.41) is 20.4. The second-order valence-electron chi connectivity index (χ2n) is 2.95. The van der Waals surface area contributed by atoms with Gasteiger partial charge in [-0.05, 0) is 12.1 Å². The molecule has 0 bridgehead atoms. The van der Waals surface area contributed by atoms with Crippen molar-refractivity contribution in [2.24, 2.45) is 0 Å². The Morgan fingerprint density at radius 2 is 1.82 bits per heavy atom. The highest BCUT2D eigenvalue weighted by atomic mass is 32.2. The molecule has 92 valence electrons. The molecule has 0 unspecified atom stereocenters. The predicted octanol–water partition coefficient (Wildman–Crippen LogP) is -1.38. The number of non-ortho nitro benzene ring substituents is 1. The van der Waals surface area contributed by atoms with Gasteiger partial charge in [0.1, 0.15) is 0 Å². The predicted molar refractivity (Wildman–Crippen MR) is 53.3 cm³/mol. The molecule has 17 heavy (non-hydrogen) atoms. The molecule has 0 spiro atoms. The minimum absolute atomic E-state index is 0.260. The van der Waals surface area contributed by atoms with Gasteiger partial charge in [-0.1, -0.05) is 0 Å². The van der Waals surface area contributed by atoms with Crippen LogP contribution in [0.4, 0.5) is 5.69 Å². The largest absolute Gasteiger partial charge is 0.549 e. The normalized spacial score (nSPS) is 11.1. The zero-order chi connectivity index (χ0) is 13.1. The van der Waals surface area contributed by atoms with E-state index in [0.717, 1.165) is 24.3 Å². The number of rotatable bonds is 5. The lowest BCUT2D eigenvalue weighted by molar-refractivity contribution is -0.384. The zero-order valence-corrected chi connectivity index (χ0v) is 9.14. The number of carbonyl (C=O) groups is 1. The highest BCUT2D eigenvalue weighted by Crippen LogP contribution is 2.15. The van der Waals surface area contributed by atoms with Gasteiger partial charge in [0.2, 0.25) is 10.0 Å². The smallest absolute Gasteiger partial charge is 0.269 e. The topological polar surface area (TPSA) is 129 Å². The van der Waals surface area contributed by atoms with Crippen LogP contribution in [0.25, 0.3) is 0 Å². The number of nitrogens with one attached hydrogen (secondary N) is 1. The highest BCUT2D eigenvalue weighted by molar-refractivity contribution is 7.89. The van der Waals surface area contributed by atoms with E-state index in [9.17, 15) is 28.4 Å². The van der Waals surface area contributed by atoms with Gasteiger partial charge in [0, 0.05) is 12.1 Å². The molecule has 0 saturated carbocycles. The van der Waals surface area contributed by atoms with Crippen molar-refractivity contribution in [3.63, 3.8) is 0 Å². The zero-order valence-electron chi connectivity index (χ0n) is 8.32. The standard InChI is InChI=1S/C8H8N2O6S/c11-8(12)5-9-17(15,16)7-3-1-6(2-4-7)10(13)14/h1-4,9H,5H2,(H,11,12)/p-1. The van der Waals surface area contributed by atoms with E-state index in [1.807, 2.05) is 0 Å². The van der Waals surface area contributed by atoms with Gasteiger partial charge in [-0.25, -0.2) is 13.1 Å². The number of nitro benzene ring substituents is 1. The van der Waals surface area contributed by atoms with Crippen molar-refractivity contribution in [2.45, 2.75) is 4.90 Å². The van der Waals surface area contributed by atoms with E-state index >= 15 is 0 Å². The van der Waals surface area contributed by atoms with Gasteiger partial charge in [-0.2, -0.15) is 0 Å². The molecule has 0 fully saturated rings. The summed E-state index contributed by atoms with van der Waals surface area (Å²) >= 11 is 0. The molecule has 1 aromatic rings. The Morgan fingerprint density at radius 1 is 1.29 bits per heavy atom. The van der Waals surface area contributed by atoms with Gasteiger partial charge in [-0.3, -0.25) is 10.1 Å². The molecule has 8 nitrogen and oxygen atoms in total. The van der Waals surface area contributed by atoms with Crippen molar-refractivity contribution >= 4 is 21.7 Å². The Balaban J connectivity index is 2.92. The number of sulfonamides is 1. The lowest BCUT2D eigenvalue weighted by atomic mass is 10.3. The molecule has 0 aromatic heterocycles. The fourth-order valence-electron chi connectivity index (χ4n) is 0.984. The van der Waals surface area contributed by atoms with Crippen LogP contribution in [0.3, 0.4) is 0 Å². The van der Waals surface area contributed by atoms with Crippen molar-refractivity contribution in [1.29, 1.82) is 0 Å². The molecule has 0 heterocycles. The second-order valence-corrected chi connectivity index (χ2v) is 4.71. The summed E-state index contributed by atoms with van der Waals surface area (Å²) in [6, 6.07) is 4.03. The quantitative estimate of drug-likeness (QED) is 0.512. The van der Waals surface area contributed by atoms with Crippen LogP contribution in [-0.2, 0) is 14.8 Å². The molecule has 1 aromatic carbocycles. The minimum Gasteiger partial charge on any atom is -0.549 e. The highest BCUT2D eigenvalue weighted by Gasteiger charge is 2.15. The maximum Gasteiger partial charge on any atom is 0.269 e. The van der Waals surface area contributed by atoms with Crippen LogP contribution in [0.5, 0.6) is 0 Å². The first kappa shape index (κ1) is 13.1. The number of aliphatic carboxylic acids is 1. The Hall–Kier alpha value is -2.00. The van der Waals surface area contributed by atoms with E-state index in [1.54, 1.807) is 4.72 Å². The maximum absolute atomic E-state index is 11.4. The number of nitrogens with zero attached hydrogens (tertiary/aromatic N) is 1. The van der Waals surface area contributed by atoms with Crippen molar-refractivity contribution in [3.05, 3.63) is 34.4 Å². The molecule has 1 rings (SSSR count). The molecule has 0 radical (unpaired) electrons. The molecule has 0 atom stereocenters. The monoisotopic (exact) mass is 259 g/mol. The number of hydrogen-bond donors (Lipinski definition) is 1. The number of carboxylic acid groups (broad SMARTS) is 1. The SMILES string of the molecule is O=C([O-])CNS(=O)(=O)c1ccc([N+](=O)[O-])cc1. The number of nitro groups is 1. The Morgan fingerprint density at radius 3 is 2.24 bits per heavy atom. The van der Waals surface area contributed by atoms with E-state index in [1.165, 1.54) is 0 Å². The third-order valence-electron chi connectivity index (χ3n) is 1.76. The van der Waals surface area contributed by atoms with E-state index < -0.39 is 27.5 Å². The van der Waals surface area contributed by atoms with E-state index in [0.29, 0.717) is 0 Å². The van der Waals surface area contributed by atoms with E-state index in [4.69, 9.17) is 0 Å². The van der Waals surface area contributed by atoms with Crippen LogP contribution in [0, 0.1) is 10.1 Å². The lowest BCUT2D eigenvalue weighted by Gasteiger charge is -2.06. The van der Waals surface area contributed by atoms with Crippen molar-refractivity contribution in [2.75, 3.05) is 6.54 Å². The second kappa shape index (κ2) is 4.89. The fraction of sp³-hybridized carbons (Fsp3) is 0.125. The number of hydrogen-bond acceptors (Lipinski definition) is 6. The van der Waals surface area contributed by atoms with E-state index in [-0.39, 0.29) is 10.6 Å². The van der Waals surface area contributed by atoms with Crippen LogP contribution < -0.4 is 9.83 Å². The summed E-state index contributed by atoms with van der Waals surface area (Å²) in [6.45, 7) is -0.862. The molecule has 0 aliphatic carbocycles. The number of carboxylic acids is 1. The minimum atomic E-state index is -3.99. The molecule has 0 saturated heterocycles. The third kappa shape index (κ3) is 3.50. The molecular weight excluding hydrogens is 252 g/mol. The summed E-state index contributed by atoms with van der Waals surface area (Å²) in [5.74, 6) is -1.57. The summed E-state index contributed by atoms with van der Waals surface area (Å²) in [7, 11) is -3.99. The van der Waals surface area contributed by atoms with E-state index in [2.05, 4.69) is 0 Å². The van der Waals surface area contributed by atoms with Gasteiger partial charge in [0.05, 0.1) is 22.3 Å². The van der Waals surface area contributed by atoms with Crippen LogP contribution in [0.2, 0.25) is 0 Å². The Kier molecular flexibility index (Phi) is 3.76. The summed E-state index contributed by atoms with van der Waals surface area (Å²) in [6.07, 6.45) is 0. The molecule has 0 amide bonds. The molecule has 0 aliphatic heterocycles. The first-order valence-corrected chi connectivity index (χ1v) is 5.75. The van der Waals surface area contributed by atoms with Gasteiger partial charge >= 0.3 is 0 Å². The van der Waals surface area contributed by atoms with Gasteiger partial charge in [-0.15, -0.1) is 0 Å². The van der Waals surface area contributed by atoms with Crippen LogP contribution in [-0.4, -0.2) is 25.9 Å². The van der Waals surface area contributed by atoms with Crippen LogP contribution in [0.1, 0.15) is 0 Å². The average Bonchev–Trinajstić information content (AvgIpc) is 2.27. The first-order chi connectivity index (χ1) is 7.83. The van der Waals surface area contributed by atoms with Crippen molar-refractivity contribution < 1.29 is 23.2 Å². The number of benzene rings is 1. The molecule has 1 N–H and O–H groups in total. The van der Waals surface area contributed by atoms with Gasteiger partial charge < -0.3 is 9.90 Å². The fourth-order valence-corrected chi connectivity index (χ4v) is 1.95. The van der Waals surface area contributed by atoms with Crippen molar-refractivity contribution in [3.8, 4) is 0 Å². The third-order valence-corrected chi connectivity index (χ3v) is 3.18. The Bertz CT molecular complexity index is 536. The summed E-state index contributed by atoms with van der Waals surface area (Å²) in [5.41, 5.74) is -0.260. The molecule has 0 aliphatic rings. The first-order valence-electron chi connectivity index (χ1n) is 4.27. The van der Waals surface area contributed by atoms with Crippen LogP contribution >= 0.6 is 0 Å². The average molecular weight is 259 g/mol. The summed E-state index contributed by atoms with van der Waals surface area (Å²) in [4.78, 5) is 19.5. The maximum atomic E-state index is 11.4. The van der Waals surface area contributed by atoms with Gasteiger partial charge in [0.15, 0.2) is 0 Å². The van der Waals surface area contributed by atoms with Crippen molar-refractivity contribution in [1.82, 2.24) is 4.72 Å².